The van der Waals surface area contributed by atoms with E-state index in [4.69, 9.17) is 0 Å². The van der Waals surface area contributed by atoms with Gasteiger partial charge in [-0.2, -0.15) is 13.2 Å². The first kappa shape index (κ1) is 15.1. The number of rotatable bonds is 2. The third kappa shape index (κ3) is 3.17. The number of halogens is 3. The van der Waals surface area contributed by atoms with E-state index in [-0.39, 0.29) is 11.8 Å². The lowest BCUT2D eigenvalue weighted by atomic mass is 9.77. The molecule has 0 unspecified atom stereocenters. The molecule has 1 heterocycles. The summed E-state index contributed by atoms with van der Waals surface area (Å²) in [5.74, 6) is 0.324. The maximum Gasteiger partial charge on any atom is 0.416 e. The number of hydrogen-bond acceptors (Lipinski definition) is 1. The van der Waals surface area contributed by atoms with E-state index in [9.17, 15) is 13.2 Å². The Morgan fingerprint density at radius 1 is 0.864 bits per heavy atom. The summed E-state index contributed by atoms with van der Waals surface area (Å²) >= 11 is 0. The summed E-state index contributed by atoms with van der Waals surface area (Å²) in [6.07, 6.45) is -3.44. The first-order valence-corrected chi connectivity index (χ1v) is 7.48. The molecule has 22 heavy (non-hydrogen) atoms. The fourth-order valence-electron chi connectivity index (χ4n) is 3.25. The molecule has 0 bridgehead atoms. The van der Waals surface area contributed by atoms with E-state index in [0.29, 0.717) is 0 Å². The molecule has 0 saturated carbocycles. The molecule has 1 N–H and O–H groups in total. The molecule has 4 heteroatoms. The summed E-state index contributed by atoms with van der Waals surface area (Å²) < 4.78 is 38.8. The van der Waals surface area contributed by atoms with Gasteiger partial charge in [0.15, 0.2) is 0 Å². The maximum absolute atomic E-state index is 12.9. The summed E-state index contributed by atoms with van der Waals surface area (Å²) in [7, 11) is 0. The number of nitrogens with one attached hydrogen (secondary N) is 1. The Bertz CT molecular complexity index is 622. The third-order valence-corrected chi connectivity index (χ3v) is 4.35. The average molecular weight is 305 g/mol. The van der Waals surface area contributed by atoms with Crippen LogP contribution in [-0.4, -0.2) is 13.1 Å². The van der Waals surface area contributed by atoms with Crippen LogP contribution < -0.4 is 5.32 Å². The molecule has 1 fully saturated rings. The van der Waals surface area contributed by atoms with E-state index < -0.39 is 11.7 Å². The van der Waals surface area contributed by atoms with E-state index >= 15 is 0 Å². The van der Waals surface area contributed by atoms with E-state index in [0.717, 1.165) is 31.1 Å². The minimum absolute atomic E-state index is 0.117. The molecule has 3 rings (SSSR count). The molecule has 0 radical (unpaired) electrons. The normalized spacial score (nSPS) is 22.5. The van der Waals surface area contributed by atoms with Crippen LogP contribution in [0.25, 0.3) is 0 Å². The van der Waals surface area contributed by atoms with Gasteiger partial charge in [0.2, 0.25) is 0 Å². The van der Waals surface area contributed by atoms with Gasteiger partial charge in [-0.25, -0.2) is 0 Å². The summed E-state index contributed by atoms with van der Waals surface area (Å²) in [6.45, 7) is 1.63. The molecule has 0 amide bonds. The summed E-state index contributed by atoms with van der Waals surface area (Å²) in [4.78, 5) is 0. The Morgan fingerprint density at radius 2 is 1.59 bits per heavy atom. The van der Waals surface area contributed by atoms with Gasteiger partial charge in [-0.15, -0.1) is 0 Å². The number of benzene rings is 2. The Morgan fingerprint density at radius 3 is 2.32 bits per heavy atom. The second kappa shape index (κ2) is 6.13. The second-order valence-electron chi connectivity index (χ2n) is 5.74. The lowest BCUT2D eigenvalue weighted by Crippen LogP contribution is -2.34. The van der Waals surface area contributed by atoms with Crippen molar-refractivity contribution in [2.24, 2.45) is 0 Å². The smallest absolute Gasteiger partial charge is 0.316 e. The van der Waals surface area contributed by atoms with Crippen molar-refractivity contribution in [2.75, 3.05) is 13.1 Å². The monoisotopic (exact) mass is 305 g/mol. The maximum atomic E-state index is 12.9. The molecule has 2 aromatic carbocycles. The molecule has 2 aromatic rings. The zero-order chi connectivity index (χ0) is 15.6. The van der Waals surface area contributed by atoms with Crippen LogP contribution in [0.5, 0.6) is 0 Å². The second-order valence-corrected chi connectivity index (χ2v) is 5.74. The van der Waals surface area contributed by atoms with Crippen LogP contribution >= 0.6 is 0 Å². The summed E-state index contributed by atoms with van der Waals surface area (Å²) in [6, 6.07) is 15.8. The van der Waals surface area contributed by atoms with Gasteiger partial charge in [-0.05, 0) is 36.1 Å². The molecule has 1 aliphatic rings. The quantitative estimate of drug-likeness (QED) is 0.857. The SMILES string of the molecule is FC(F)(F)c1cccc([C@H]2CCNC[C@H]2c2ccccc2)c1. The molecule has 1 saturated heterocycles. The van der Waals surface area contributed by atoms with Crippen LogP contribution in [0.3, 0.4) is 0 Å². The highest BCUT2D eigenvalue weighted by atomic mass is 19.4. The predicted molar refractivity (Wildman–Crippen MR) is 80.9 cm³/mol. The fraction of sp³-hybridized carbons (Fsp3) is 0.333. The van der Waals surface area contributed by atoms with Gasteiger partial charge in [0.1, 0.15) is 0 Å². The molecule has 116 valence electrons. The highest BCUT2D eigenvalue weighted by Crippen LogP contribution is 2.39. The summed E-state index contributed by atoms with van der Waals surface area (Å²) in [5.41, 5.74) is 1.40. The van der Waals surface area contributed by atoms with Crippen molar-refractivity contribution in [3.63, 3.8) is 0 Å². The van der Waals surface area contributed by atoms with E-state index in [1.807, 2.05) is 24.3 Å². The van der Waals surface area contributed by atoms with Crippen LogP contribution in [-0.2, 0) is 6.18 Å². The zero-order valence-electron chi connectivity index (χ0n) is 12.1. The largest absolute Gasteiger partial charge is 0.416 e. The van der Waals surface area contributed by atoms with Crippen LogP contribution in [0.4, 0.5) is 13.2 Å². The Kier molecular flexibility index (Phi) is 4.21. The van der Waals surface area contributed by atoms with Crippen LogP contribution in [0.1, 0.15) is 34.9 Å². The fourth-order valence-corrected chi connectivity index (χ4v) is 3.25. The van der Waals surface area contributed by atoms with Gasteiger partial charge < -0.3 is 5.32 Å². The van der Waals surface area contributed by atoms with Gasteiger partial charge >= 0.3 is 6.18 Å². The van der Waals surface area contributed by atoms with Crippen molar-refractivity contribution in [3.8, 4) is 0 Å². The molecule has 0 aliphatic carbocycles. The molecular formula is C18H18F3N. The zero-order valence-corrected chi connectivity index (χ0v) is 12.1. The standard InChI is InChI=1S/C18H18F3N/c19-18(20,21)15-8-4-7-14(11-15)16-9-10-22-12-17(16)13-5-2-1-3-6-13/h1-8,11,16-17,22H,9-10,12H2/t16-,17+/m1/s1. The van der Waals surface area contributed by atoms with Crippen molar-refractivity contribution < 1.29 is 13.2 Å². The lowest BCUT2D eigenvalue weighted by molar-refractivity contribution is -0.137. The Labute approximate surface area is 128 Å². The molecule has 1 nitrogen and oxygen atoms in total. The van der Waals surface area contributed by atoms with Gasteiger partial charge in [-0.3, -0.25) is 0 Å². The molecule has 2 atom stereocenters. The molecule has 0 aromatic heterocycles. The highest BCUT2D eigenvalue weighted by molar-refractivity contribution is 5.33. The van der Waals surface area contributed by atoms with E-state index in [1.165, 1.54) is 17.7 Å². The van der Waals surface area contributed by atoms with Crippen LogP contribution in [0.2, 0.25) is 0 Å². The summed E-state index contributed by atoms with van der Waals surface area (Å²) in [5, 5.41) is 3.36. The lowest BCUT2D eigenvalue weighted by Gasteiger charge is -2.33. The minimum atomic E-state index is -4.29. The Hall–Kier alpha value is -1.81. The van der Waals surface area contributed by atoms with Crippen molar-refractivity contribution in [1.29, 1.82) is 0 Å². The van der Waals surface area contributed by atoms with Gasteiger partial charge in [0, 0.05) is 12.5 Å². The Balaban J connectivity index is 1.94. The average Bonchev–Trinajstić information content (AvgIpc) is 2.55. The van der Waals surface area contributed by atoms with Crippen molar-refractivity contribution in [3.05, 3.63) is 71.3 Å². The van der Waals surface area contributed by atoms with E-state index in [1.54, 1.807) is 0 Å². The molecular weight excluding hydrogens is 287 g/mol. The highest BCUT2D eigenvalue weighted by Gasteiger charge is 2.33. The van der Waals surface area contributed by atoms with E-state index in [2.05, 4.69) is 17.4 Å². The van der Waals surface area contributed by atoms with Crippen molar-refractivity contribution in [1.82, 2.24) is 5.32 Å². The topological polar surface area (TPSA) is 12.0 Å². The van der Waals surface area contributed by atoms with Crippen LogP contribution in [0, 0.1) is 0 Å². The first-order chi connectivity index (χ1) is 10.6. The van der Waals surface area contributed by atoms with Crippen molar-refractivity contribution >= 4 is 0 Å². The molecule has 0 spiro atoms. The first-order valence-electron chi connectivity index (χ1n) is 7.48. The molecule has 1 aliphatic heterocycles. The predicted octanol–water partition coefficient (Wildman–Crippen LogP) is 4.57. The van der Waals surface area contributed by atoms with Gasteiger partial charge in [0.25, 0.3) is 0 Å². The minimum Gasteiger partial charge on any atom is -0.316 e. The van der Waals surface area contributed by atoms with Crippen LogP contribution in [0.15, 0.2) is 54.6 Å². The van der Waals surface area contributed by atoms with Gasteiger partial charge in [0.05, 0.1) is 5.56 Å². The number of alkyl halides is 3. The number of piperidine rings is 1. The third-order valence-electron chi connectivity index (χ3n) is 4.35. The van der Waals surface area contributed by atoms with Gasteiger partial charge in [-0.1, -0.05) is 48.5 Å². The number of hydrogen-bond donors (Lipinski definition) is 1. The van der Waals surface area contributed by atoms with Crippen molar-refractivity contribution in [2.45, 2.75) is 24.4 Å².